The van der Waals surface area contributed by atoms with Crippen molar-refractivity contribution in [2.45, 2.75) is 39.5 Å². The average Bonchev–Trinajstić information content (AvgIpc) is 3.28. The minimum absolute atomic E-state index is 0.152. The molecule has 174 valence electrons. The van der Waals surface area contributed by atoms with E-state index in [1.54, 1.807) is 24.3 Å². The Kier molecular flexibility index (Phi) is 7.29. The lowest BCUT2D eigenvalue weighted by Crippen LogP contribution is -2.34. The van der Waals surface area contributed by atoms with Gasteiger partial charge in [0.05, 0.1) is 10.7 Å². The Morgan fingerprint density at radius 1 is 1.09 bits per heavy atom. The highest BCUT2D eigenvalue weighted by atomic mass is 35.5. The van der Waals surface area contributed by atoms with Gasteiger partial charge >= 0.3 is 0 Å². The average molecular weight is 492 g/mol. The van der Waals surface area contributed by atoms with Crippen LogP contribution in [0.4, 0.5) is 5.69 Å². The number of hydrogen-bond donors (Lipinski definition) is 2. The van der Waals surface area contributed by atoms with E-state index < -0.39 is 0 Å². The van der Waals surface area contributed by atoms with E-state index in [0.29, 0.717) is 28.1 Å². The molecule has 0 saturated carbocycles. The Morgan fingerprint density at radius 2 is 1.85 bits per heavy atom. The van der Waals surface area contributed by atoms with Gasteiger partial charge in [-0.05, 0) is 84.6 Å². The van der Waals surface area contributed by atoms with E-state index in [0.717, 1.165) is 35.1 Å². The second-order valence-electron chi connectivity index (χ2n) is 8.21. The van der Waals surface area contributed by atoms with E-state index in [1.807, 2.05) is 24.3 Å². The largest absolute Gasteiger partial charge is 0.436 e. The molecule has 1 aromatic heterocycles. The lowest BCUT2D eigenvalue weighted by atomic mass is 9.98. The van der Waals surface area contributed by atoms with Crippen molar-refractivity contribution in [2.75, 3.05) is 5.32 Å². The number of rotatable bonds is 6. The van der Waals surface area contributed by atoms with Crippen molar-refractivity contribution < 1.29 is 9.21 Å². The summed E-state index contributed by atoms with van der Waals surface area (Å²) in [6.07, 6.45) is 1.97. The summed E-state index contributed by atoms with van der Waals surface area (Å²) in [6.45, 7) is 6.43. The molecular weight excluding hydrogens is 466 g/mol. The fourth-order valence-corrected chi connectivity index (χ4v) is 3.95. The van der Waals surface area contributed by atoms with Crippen molar-refractivity contribution in [3.05, 3.63) is 82.4 Å². The summed E-state index contributed by atoms with van der Waals surface area (Å²) in [5.41, 5.74) is 5.77. The Labute approximate surface area is 209 Å². The number of nitrogens with zero attached hydrogens (tertiary/aromatic N) is 1. The van der Waals surface area contributed by atoms with Gasteiger partial charge in [-0.15, -0.1) is 0 Å². The summed E-state index contributed by atoms with van der Waals surface area (Å²) in [7, 11) is 0. The van der Waals surface area contributed by atoms with Gasteiger partial charge in [-0.3, -0.25) is 10.1 Å². The number of nitrogens with one attached hydrogen (secondary N) is 2. The van der Waals surface area contributed by atoms with Crippen LogP contribution < -0.4 is 10.6 Å². The highest BCUT2D eigenvalue weighted by molar-refractivity contribution is 7.80. The number of amides is 1. The Hall–Kier alpha value is -3.22. The van der Waals surface area contributed by atoms with Gasteiger partial charge in [0.15, 0.2) is 10.7 Å². The standard InChI is InChI=1S/C27H26ClN3O2S/c1-4-16(3)19-11-13-24-23(14-19)29-26(33-24)20-10-12-21(28)22(15-20)30-27(34)31-25(32)18-8-6-17(5-2)7-9-18/h6-16H,4-5H2,1-3H3,(H2,30,31,32,34). The van der Waals surface area contributed by atoms with E-state index in [9.17, 15) is 4.79 Å². The van der Waals surface area contributed by atoms with Crippen LogP contribution in [-0.4, -0.2) is 16.0 Å². The molecule has 0 radical (unpaired) electrons. The van der Waals surface area contributed by atoms with Crippen LogP contribution >= 0.6 is 23.8 Å². The first-order valence-electron chi connectivity index (χ1n) is 11.3. The van der Waals surface area contributed by atoms with Crippen LogP contribution in [0.2, 0.25) is 5.02 Å². The lowest BCUT2D eigenvalue weighted by Gasteiger charge is -2.12. The summed E-state index contributed by atoms with van der Waals surface area (Å²) < 4.78 is 5.98. The molecule has 1 heterocycles. The molecule has 0 fully saturated rings. The number of fused-ring (bicyclic) bond motifs is 1. The van der Waals surface area contributed by atoms with E-state index in [4.69, 9.17) is 28.2 Å². The molecule has 5 nitrogen and oxygen atoms in total. The number of thiocarbonyl (C=S) groups is 1. The van der Waals surface area contributed by atoms with Gasteiger partial charge in [-0.25, -0.2) is 4.98 Å². The van der Waals surface area contributed by atoms with Crippen molar-refractivity contribution >= 4 is 51.6 Å². The maximum absolute atomic E-state index is 12.5. The molecule has 7 heteroatoms. The summed E-state index contributed by atoms with van der Waals surface area (Å²) in [5.74, 6) is 0.655. The first kappa shape index (κ1) is 23.9. The smallest absolute Gasteiger partial charge is 0.257 e. The fraction of sp³-hybridized carbons (Fsp3) is 0.222. The third-order valence-corrected chi connectivity index (χ3v) is 6.44. The van der Waals surface area contributed by atoms with Crippen LogP contribution in [-0.2, 0) is 6.42 Å². The predicted molar refractivity (Wildman–Crippen MR) is 143 cm³/mol. The van der Waals surface area contributed by atoms with Gasteiger partial charge in [-0.2, -0.15) is 0 Å². The molecule has 3 aromatic carbocycles. The number of benzene rings is 3. The van der Waals surface area contributed by atoms with Crippen LogP contribution in [0.3, 0.4) is 0 Å². The minimum Gasteiger partial charge on any atom is -0.436 e. The van der Waals surface area contributed by atoms with E-state index >= 15 is 0 Å². The molecule has 1 unspecified atom stereocenters. The SMILES string of the molecule is CCc1ccc(C(=O)NC(=S)Nc2cc(-c3nc4cc(C(C)CC)ccc4o3)ccc2Cl)cc1. The quantitative estimate of drug-likeness (QED) is 0.276. The molecule has 0 spiro atoms. The zero-order valence-corrected chi connectivity index (χ0v) is 20.9. The van der Waals surface area contributed by atoms with Gasteiger partial charge in [0.2, 0.25) is 5.89 Å². The highest BCUT2D eigenvalue weighted by Crippen LogP contribution is 2.31. The molecule has 1 amide bonds. The maximum Gasteiger partial charge on any atom is 0.257 e. The van der Waals surface area contributed by atoms with Crippen LogP contribution in [0.15, 0.2) is 65.1 Å². The van der Waals surface area contributed by atoms with Crippen molar-refractivity contribution in [1.29, 1.82) is 0 Å². The number of aromatic nitrogens is 1. The molecule has 0 aliphatic carbocycles. The molecule has 0 aliphatic heterocycles. The van der Waals surface area contributed by atoms with E-state index in [-0.39, 0.29) is 11.0 Å². The van der Waals surface area contributed by atoms with E-state index in [2.05, 4.69) is 48.5 Å². The first-order valence-corrected chi connectivity index (χ1v) is 12.1. The summed E-state index contributed by atoms with van der Waals surface area (Å²) in [4.78, 5) is 17.2. The van der Waals surface area contributed by atoms with Crippen molar-refractivity contribution in [1.82, 2.24) is 10.3 Å². The number of carbonyl (C=O) groups is 1. The van der Waals surface area contributed by atoms with Gasteiger partial charge in [0.25, 0.3) is 5.91 Å². The van der Waals surface area contributed by atoms with Gasteiger partial charge in [-0.1, -0.05) is 50.6 Å². The number of aryl methyl sites for hydroxylation is 1. The second kappa shape index (κ2) is 10.4. The van der Waals surface area contributed by atoms with Crippen LogP contribution in [0.5, 0.6) is 0 Å². The summed E-state index contributed by atoms with van der Waals surface area (Å²) >= 11 is 11.7. The second-order valence-corrected chi connectivity index (χ2v) is 9.02. The van der Waals surface area contributed by atoms with Crippen LogP contribution in [0.25, 0.3) is 22.6 Å². The first-order chi connectivity index (χ1) is 16.4. The van der Waals surface area contributed by atoms with Gasteiger partial charge in [0.1, 0.15) is 5.52 Å². The van der Waals surface area contributed by atoms with Crippen LogP contribution in [0.1, 0.15) is 54.6 Å². The number of anilines is 1. The normalized spacial score (nSPS) is 11.9. The number of halogens is 1. The highest BCUT2D eigenvalue weighted by Gasteiger charge is 2.14. The fourth-order valence-electron chi connectivity index (χ4n) is 3.58. The third-order valence-electron chi connectivity index (χ3n) is 5.91. The Morgan fingerprint density at radius 3 is 2.56 bits per heavy atom. The van der Waals surface area contributed by atoms with E-state index in [1.165, 1.54) is 5.56 Å². The molecule has 2 N–H and O–H groups in total. The minimum atomic E-state index is -0.288. The number of hydrogen-bond acceptors (Lipinski definition) is 4. The molecule has 1 atom stereocenters. The summed E-state index contributed by atoms with van der Waals surface area (Å²) in [6, 6.07) is 18.9. The molecule has 4 aromatic rings. The molecular formula is C27H26ClN3O2S. The Balaban J connectivity index is 1.51. The zero-order valence-electron chi connectivity index (χ0n) is 19.3. The molecule has 0 saturated heterocycles. The molecule has 4 rings (SSSR count). The lowest BCUT2D eigenvalue weighted by molar-refractivity contribution is 0.0977. The number of carbonyl (C=O) groups excluding carboxylic acids is 1. The molecule has 0 bridgehead atoms. The van der Waals surface area contributed by atoms with Gasteiger partial charge in [0, 0.05) is 11.1 Å². The molecule has 34 heavy (non-hydrogen) atoms. The monoisotopic (exact) mass is 491 g/mol. The third kappa shape index (κ3) is 5.29. The zero-order chi connectivity index (χ0) is 24.2. The van der Waals surface area contributed by atoms with Crippen molar-refractivity contribution in [2.24, 2.45) is 0 Å². The molecule has 0 aliphatic rings. The topological polar surface area (TPSA) is 67.2 Å². The van der Waals surface area contributed by atoms with Crippen molar-refractivity contribution in [3.63, 3.8) is 0 Å². The number of oxazole rings is 1. The predicted octanol–water partition coefficient (Wildman–Crippen LogP) is 7.35. The maximum atomic E-state index is 12.5. The Bertz CT molecular complexity index is 1350. The van der Waals surface area contributed by atoms with Crippen molar-refractivity contribution in [3.8, 4) is 11.5 Å². The van der Waals surface area contributed by atoms with Crippen LogP contribution in [0, 0.1) is 0 Å². The summed E-state index contributed by atoms with van der Waals surface area (Å²) in [5, 5.41) is 6.32. The van der Waals surface area contributed by atoms with Gasteiger partial charge < -0.3 is 9.73 Å².